The van der Waals surface area contributed by atoms with Gasteiger partial charge in [0.15, 0.2) is 11.5 Å². The Morgan fingerprint density at radius 3 is 2.89 bits per heavy atom. The van der Waals surface area contributed by atoms with E-state index in [1.165, 1.54) is 0 Å². The maximum Gasteiger partial charge on any atom is 0.231 e. The van der Waals surface area contributed by atoms with E-state index in [1.807, 2.05) is 24.3 Å². The van der Waals surface area contributed by atoms with Crippen LogP contribution in [0.5, 0.6) is 11.5 Å². The minimum atomic E-state index is -0.136. The Hall–Kier alpha value is -1.68. The van der Waals surface area contributed by atoms with Crippen LogP contribution in [0.4, 0.5) is 5.69 Å². The Labute approximate surface area is 116 Å². The Balaban J connectivity index is 1.88. The van der Waals surface area contributed by atoms with Crippen molar-refractivity contribution in [1.82, 2.24) is 0 Å². The first-order valence-electron chi connectivity index (χ1n) is 6.26. The molecule has 1 aromatic carbocycles. The number of amides is 1. The van der Waals surface area contributed by atoms with E-state index in [2.05, 4.69) is 5.32 Å². The monoisotopic (exact) mass is 279 g/mol. The number of hydrogen-bond donors (Lipinski definition) is 1. The maximum absolute atomic E-state index is 12.1. The number of hydrogen-bond acceptors (Lipinski definition) is 3. The van der Waals surface area contributed by atoms with Crippen LogP contribution in [0.15, 0.2) is 18.2 Å². The summed E-state index contributed by atoms with van der Waals surface area (Å²) in [7, 11) is 0. The van der Waals surface area contributed by atoms with Crippen molar-refractivity contribution in [3.05, 3.63) is 23.8 Å². The predicted molar refractivity (Wildman–Crippen MR) is 73.7 cm³/mol. The molecule has 5 heteroatoms. The van der Waals surface area contributed by atoms with E-state index in [9.17, 15) is 4.79 Å². The molecule has 0 fully saturated rings. The number of rotatable bonds is 3. The number of carbonyl (C=O) groups excluding carboxylic acids is 1. The van der Waals surface area contributed by atoms with E-state index in [-0.39, 0.29) is 18.6 Å². The van der Waals surface area contributed by atoms with Crippen LogP contribution in [0.3, 0.4) is 0 Å². The zero-order valence-corrected chi connectivity index (χ0v) is 11.1. The molecule has 1 N–H and O–H groups in total. The normalized spacial score (nSPS) is 19.8. The molecular weight excluding hydrogens is 266 g/mol. The second-order valence-electron chi connectivity index (χ2n) is 4.58. The second kappa shape index (κ2) is 5.13. The van der Waals surface area contributed by atoms with Crippen molar-refractivity contribution in [2.75, 3.05) is 18.0 Å². The van der Waals surface area contributed by atoms with Crippen LogP contribution in [0.1, 0.15) is 18.4 Å². The fourth-order valence-corrected chi connectivity index (χ4v) is 2.42. The maximum atomic E-state index is 12.1. The molecule has 0 aromatic heterocycles. The third-order valence-corrected chi connectivity index (χ3v) is 3.56. The number of fused-ring (bicyclic) bond motifs is 2. The Kier molecular flexibility index (Phi) is 3.34. The molecule has 2 heterocycles. The second-order valence-corrected chi connectivity index (χ2v) is 4.96. The minimum absolute atomic E-state index is 0.000943. The Bertz CT molecular complexity index is 542. The van der Waals surface area contributed by atoms with Gasteiger partial charge in [0.25, 0.3) is 0 Å². The third-order valence-electron chi connectivity index (χ3n) is 3.30. The molecule has 0 saturated carbocycles. The molecule has 0 radical (unpaired) electrons. The van der Waals surface area contributed by atoms with Crippen LogP contribution >= 0.6 is 11.6 Å². The first-order chi connectivity index (χ1) is 9.28. The largest absolute Gasteiger partial charge is 0.454 e. The molecule has 0 bridgehead atoms. The van der Waals surface area contributed by atoms with Crippen molar-refractivity contribution < 1.29 is 14.3 Å². The van der Waals surface area contributed by atoms with Gasteiger partial charge in [0.1, 0.15) is 0 Å². The first kappa shape index (κ1) is 12.4. The summed E-state index contributed by atoms with van der Waals surface area (Å²) in [6.07, 6.45) is 5.46. The van der Waals surface area contributed by atoms with Crippen LogP contribution in [0.2, 0.25) is 0 Å². The summed E-state index contributed by atoms with van der Waals surface area (Å²) in [6.45, 7) is 0.230. The number of anilines is 1. The number of halogens is 1. The van der Waals surface area contributed by atoms with Crippen molar-refractivity contribution in [3.63, 3.8) is 0 Å². The van der Waals surface area contributed by atoms with E-state index in [1.54, 1.807) is 0 Å². The van der Waals surface area contributed by atoms with Gasteiger partial charge in [-0.25, -0.2) is 0 Å². The number of ether oxygens (including phenoxy) is 2. The number of alkyl halides is 1. The van der Waals surface area contributed by atoms with Gasteiger partial charge in [-0.1, -0.05) is 12.2 Å². The van der Waals surface area contributed by atoms with Crippen molar-refractivity contribution in [1.29, 1.82) is 0 Å². The molecular formula is C14H14ClNO3. The summed E-state index contributed by atoms with van der Waals surface area (Å²) in [5.74, 6) is 1.82. The average Bonchev–Trinajstić information content (AvgIpc) is 2.79. The lowest BCUT2D eigenvalue weighted by Crippen LogP contribution is -2.20. The highest BCUT2D eigenvalue weighted by Crippen LogP contribution is 2.38. The van der Waals surface area contributed by atoms with Crippen molar-refractivity contribution >= 4 is 29.3 Å². The van der Waals surface area contributed by atoms with Crippen molar-refractivity contribution in [2.24, 2.45) is 5.92 Å². The van der Waals surface area contributed by atoms with Gasteiger partial charge in [0.05, 0.1) is 11.6 Å². The summed E-state index contributed by atoms with van der Waals surface area (Å²) < 4.78 is 10.7. The van der Waals surface area contributed by atoms with E-state index in [4.69, 9.17) is 21.1 Å². The summed E-state index contributed by atoms with van der Waals surface area (Å²) in [6, 6.07) is 3.70. The summed E-state index contributed by atoms with van der Waals surface area (Å²) in [5.41, 5.74) is 1.70. The highest BCUT2D eigenvalue weighted by Gasteiger charge is 2.22. The zero-order chi connectivity index (χ0) is 13.2. The van der Waals surface area contributed by atoms with Gasteiger partial charge in [0.2, 0.25) is 12.7 Å². The van der Waals surface area contributed by atoms with Crippen molar-refractivity contribution in [3.8, 4) is 11.5 Å². The smallest absolute Gasteiger partial charge is 0.231 e. The molecule has 1 aromatic rings. The van der Waals surface area contributed by atoms with Gasteiger partial charge in [-0.05, 0) is 18.9 Å². The number of carbonyl (C=O) groups is 1. The van der Waals surface area contributed by atoms with Gasteiger partial charge in [-0.15, -0.1) is 11.6 Å². The molecule has 2 aliphatic rings. The topological polar surface area (TPSA) is 47.6 Å². The number of benzene rings is 1. The standard InChI is InChI=1S/C14H14ClNO3/c15-5-1-2-9-3-4-10-6-12-13(19-8-18-12)7-11(10)16-14(9)17/h3-4,6-7,9H,1-2,5,8H2,(H,16,17). The molecule has 3 rings (SSSR count). The minimum Gasteiger partial charge on any atom is -0.454 e. The van der Waals surface area contributed by atoms with Crippen LogP contribution < -0.4 is 14.8 Å². The molecule has 2 aliphatic heterocycles. The summed E-state index contributed by atoms with van der Waals surface area (Å²) in [4.78, 5) is 12.1. The molecule has 0 spiro atoms. The van der Waals surface area contributed by atoms with E-state index >= 15 is 0 Å². The first-order valence-corrected chi connectivity index (χ1v) is 6.80. The average molecular weight is 280 g/mol. The van der Waals surface area contributed by atoms with E-state index in [0.717, 1.165) is 29.8 Å². The summed E-state index contributed by atoms with van der Waals surface area (Å²) in [5, 5.41) is 2.93. The molecule has 0 saturated heterocycles. The lowest BCUT2D eigenvalue weighted by molar-refractivity contribution is -0.118. The van der Waals surface area contributed by atoms with Crippen LogP contribution in [0, 0.1) is 5.92 Å². The van der Waals surface area contributed by atoms with Crippen molar-refractivity contribution in [2.45, 2.75) is 12.8 Å². The molecule has 1 amide bonds. The van der Waals surface area contributed by atoms with Crippen LogP contribution in [-0.4, -0.2) is 18.6 Å². The SMILES string of the molecule is O=C1Nc2cc3c(cc2C=CC1CCCCl)OCO3. The Morgan fingerprint density at radius 2 is 2.11 bits per heavy atom. The fourth-order valence-electron chi connectivity index (χ4n) is 2.26. The molecule has 19 heavy (non-hydrogen) atoms. The summed E-state index contributed by atoms with van der Waals surface area (Å²) >= 11 is 5.68. The lowest BCUT2D eigenvalue weighted by Gasteiger charge is -2.11. The molecule has 1 unspecified atom stereocenters. The highest BCUT2D eigenvalue weighted by atomic mass is 35.5. The predicted octanol–water partition coefficient (Wildman–Crippen LogP) is 3.02. The van der Waals surface area contributed by atoms with Crippen LogP contribution in [-0.2, 0) is 4.79 Å². The van der Waals surface area contributed by atoms with Gasteiger partial charge >= 0.3 is 0 Å². The number of nitrogens with one attached hydrogen (secondary N) is 1. The molecule has 100 valence electrons. The quantitative estimate of drug-likeness (QED) is 0.865. The fraction of sp³-hybridized carbons (Fsp3) is 0.357. The Morgan fingerprint density at radius 1 is 1.32 bits per heavy atom. The van der Waals surface area contributed by atoms with Crippen LogP contribution in [0.25, 0.3) is 6.08 Å². The van der Waals surface area contributed by atoms with Gasteiger partial charge in [0, 0.05) is 17.5 Å². The van der Waals surface area contributed by atoms with E-state index < -0.39 is 0 Å². The zero-order valence-electron chi connectivity index (χ0n) is 10.3. The highest BCUT2D eigenvalue weighted by molar-refractivity contribution is 6.17. The van der Waals surface area contributed by atoms with E-state index in [0.29, 0.717) is 11.6 Å². The lowest BCUT2D eigenvalue weighted by atomic mass is 10.0. The van der Waals surface area contributed by atoms with Gasteiger partial charge in [-0.2, -0.15) is 0 Å². The van der Waals surface area contributed by atoms with Gasteiger partial charge in [-0.3, -0.25) is 4.79 Å². The molecule has 0 aliphatic carbocycles. The third kappa shape index (κ3) is 2.40. The molecule has 4 nitrogen and oxygen atoms in total. The van der Waals surface area contributed by atoms with Gasteiger partial charge < -0.3 is 14.8 Å². The molecule has 1 atom stereocenters.